The summed E-state index contributed by atoms with van der Waals surface area (Å²) in [5.41, 5.74) is 1.78. The van der Waals surface area contributed by atoms with Crippen LogP contribution >= 0.6 is 11.6 Å². The summed E-state index contributed by atoms with van der Waals surface area (Å²) in [6, 6.07) is 12.5. The fraction of sp³-hybridized carbons (Fsp3) is 0.348. The number of hydrogen-bond acceptors (Lipinski definition) is 3. The van der Waals surface area contributed by atoms with Crippen LogP contribution in [0.25, 0.3) is 0 Å². The van der Waals surface area contributed by atoms with E-state index in [-0.39, 0.29) is 24.8 Å². The van der Waals surface area contributed by atoms with E-state index in [1.165, 1.54) is 21.9 Å². The lowest BCUT2D eigenvalue weighted by Gasteiger charge is -2.37. The van der Waals surface area contributed by atoms with Crippen LogP contribution in [0.2, 0.25) is 5.02 Å². The summed E-state index contributed by atoms with van der Waals surface area (Å²) < 4.78 is 13.1. The predicted molar refractivity (Wildman–Crippen MR) is 116 cm³/mol. The molecular formula is C23H25ClFN3O3. The van der Waals surface area contributed by atoms with E-state index in [9.17, 15) is 18.8 Å². The quantitative estimate of drug-likeness (QED) is 0.635. The highest BCUT2D eigenvalue weighted by Gasteiger charge is 2.38. The molecule has 0 spiro atoms. The van der Waals surface area contributed by atoms with Crippen LogP contribution in [0.4, 0.5) is 4.39 Å². The lowest BCUT2D eigenvalue weighted by atomic mass is 10.1. The lowest BCUT2D eigenvalue weighted by molar-refractivity contribution is -0.159. The summed E-state index contributed by atoms with van der Waals surface area (Å²) in [6.07, 6.45) is 1.04. The van der Waals surface area contributed by atoms with Crippen LogP contribution in [0.3, 0.4) is 0 Å². The van der Waals surface area contributed by atoms with Crippen molar-refractivity contribution in [2.24, 2.45) is 0 Å². The van der Waals surface area contributed by atoms with Crippen LogP contribution in [0.1, 0.15) is 24.5 Å². The molecule has 1 aliphatic rings. The molecule has 1 fully saturated rings. The molecule has 1 heterocycles. The molecule has 6 nitrogen and oxygen atoms in total. The van der Waals surface area contributed by atoms with Crippen molar-refractivity contribution in [3.05, 3.63) is 70.5 Å². The van der Waals surface area contributed by atoms with Crippen molar-refractivity contribution in [2.45, 2.75) is 32.4 Å². The minimum Gasteiger partial charge on any atom is -0.354 e. The molecule has 8 heteroatoms. The molecule has 164 valence electrons. The van der Waals surface area contributed by atoms with Gasteiger partial charge in [-0.2, -0.15) is 0 Å². The second-order valence-electron chi connectivity index (χ2n) is 7.44. The first-order valence-corrected chi connectivity index (χ1v) is 10.6. The molecule has 0 radical (unpaired) electrons. The van der Waals surface area contributed by atoms with Gasteiger partial charge in [0.1, 0.15) is 11.9 Å². The van der Waals surface area contributed by atoms with Crippen molar-refractivity contribution in [3.63, 3.8) is 0 Å². The normalized spacial score (nSPS) is 15.2. The number of carbonyl (C=O) groups excluding carboxylic acids is 3. The second kappa shape index (κ2) is 10.4. The Hall–Kier alpha value is -2.93. The van der Waals surface area contributed by atoms with Gasteiger partial charge in [-0.1, -0.05) is 42.8 Å². The maximum atomic E-state index is 13.1. The summed E-state index contributed by atoms with van der Waals surface area (Å²) >= 11 is 5.88. The summed E-state index contributed by atoms with van der Waals surface area (Å²) in [4.78, 5) is 40.8. The molecule has 2 aromatic carbocycles. The van der Waals surface area contributed by atoms with Gasteiger partial charge in [0.05, 0.1) is 0 Å². The molecule has 0 unspecified atom stereocenters. The Morgan fingerprint density at radius 3 is 2.32 bits per heavy atom. The zero-order chi connectivity index (χ0) is 22.4. The smallest absolute Gasteiger partial charge is 0.312 e. The topological polar surface area (TPSA) is 69.7 Å². The van der Waals surface area contributed by atoms with Crippen molar-refractivity contribution in [3.8, 4) is 0 Å². The zero-order valence-electron chi connectivity index (χ0n) is 17.3. The van der Waals surface area contributed by atoms with E-state index in [4.69, 9.17) is 11.6 Å². The van der Waals surface area contributed by atoms with Crippen LogP contribution in [-0.2, 0) is 27.3 Å². The van der Waals surface area contributed by atoms with Gasteiger partial charge in [0.25, 0.3) is 0 Å². The first-order valence-electron chi connectivity index (χ1n) is 10.3. The third kappa shape index (κ3) is 5.82. The van der Waals surface area contributed by atoms with Gasteiger partial charge in [0, 0.05) is 31.2 Å². The Bertz CT molecular complexity index is 934. The summed E-state index contributed by atoms with van der Waals surface area (Å²) in [5.74, 6) is -1.97. The van der Waals surface area contributed by atoms with Gasteiger partial charge in [-0.05, 0) is 48.2 Å². The van der Waals surface area contributed by atoms with E-state index in [0.29, 0.717) is 31.0 Å². The number of carbonyl (C=O) groups is 3. The number of nitrogens with one attached hydrogen (secondary N) is 1. The number of piperazine rings is 1. The number of nitrogens with zero attached hydrogens (tertiary/aromatic N) is 2. The lowest BCUT2D eigenvalue weighted by Crippen LogP contribution is -2.60. The first kappa shape index (κ1) is 22.7. The molecule has 2 aromatic rings. The molecule has 3 amide bonds. The minimum absolute atomic E-state index is 0.225. The van der Waals surface area contributed by atoms with Crippen molar-refractivity contribution in [1.82, 2.24) is 15.1 Å². The number of rotatable bonds is 8. The van der Waals surface area contributed by atoms with Crippen molar-refractivity contribution in [2.75, 3.05) is 19.6 Å². The Kier molecular flexibility index (Phi) is 7.63. The maximum absolute atomic E-state index is 13.1. The molecule has 1 N–H and O–H groups in total. The van der Waals surface area contributed by atoms with E-state index in [2.05, 4.69) is 5.32 Å². The highest BCUT2D eigenvalue weighted by atomic mass is 35.5. The zero-order valence-corrected chi connectivity index (χ0v) is 18.1. The molecule has 0 bridgehead atoms. The van der Waals surface area contributed by atoms with Gasteiger partial charge < -0.3 is 15.1 Å². The standard InChI is InChI=1S/C23H25ClFN3O3/c1-2-20(21(29)26-12-11-16-3-7-18(24)8-4-16)28-14-13-27(22(30)23(28)31)15-17-5-9-19(25)10-6-17/h3-10,20H,2,11-15H2,1H3,(H,26,29)/t20-/m1/s1. The first-order chi connectivity index (χ1) is 14.9. The third-order valence-electron chi connectivity index (χ3n) is 5.32. The SMILES string of the molecule is CC[C@H](C(=O)NCCc1ccc(Cl)cc1)N1CCN(Cc2ccc(F)cc2)C(=O)C1=O. The number of hydrogen-bond donors (Lipinski definition) is 1. The third-order valence-corrected chi connectivity index (χ3v) is 5.57. The van der Waals surface area contributed by atoms with Gasteiger partial charge in [-0.3, -0.25) is 14.4 Å². The predicted octanol–water partition coefficient (Wildman–Crippen LogP) is 2.79. The summed E-state index contributed by atoms with van der Waals surface area (Å²) in [6.45, 7) is 3.05. The molecular weight excluding hydrogens is 421 g/mol. The Labute approximate surface area is 186 Å². The number of halogens is 2. The minimum atomic E-state index is -0.699. The van der Waals surface area contributed by atoms with Gasteiger partial charge >= 0.3 is 11.8 Å². The monoisotopic (exact) mass is 445 g/mol. The maximum Gasteiger partial charge on any atom is 0.312 e. The molecule has 0 saturated carbocycles. The van der Waals surface area contributed by atoms with Crippen LogP contribution in [-0.4, -0.2) is 53.2 Å². The Morgan fingerprint density at radius 1 is 1.03 bits per heavy atom. The fourth-order valence-corrected chi connectivity index (χ4v) is 3.72. The molecule has 1 aliphatic heterocycles. The van der Waals surface area contributed by atoms with Crippen molar-refractivity contribution >= 4 is 29.3 Å². The Morgan fingerprint density at radius 2 is 1.68 bits per heavy atom. The molecule has 31 heavy (non-hydrogen) atoms. The van der Waals surface area contributed by atoms with Gasteiger partial charge in [0.2, 0.25) is 5.91 Å². The van der Waals surface area contributed by atoms with Gasteiger partial charge in [0.15, 0.2) is 0 Å². The Balaban J connectivity index is 1.55. The van der Waals surface area contributed by atoms with E-state index in [1.54, 1.807) is 24.3 Å². The van der Waals surface area contributed by atoms with E-state index in [1.807, 2.05) is 19.1 Å². The number of amides is 3. The van der Waals surface area contributed by atoms with E-state index < -0.39 is 17.9 Å². The molecule has 0 aliphatic carbocycles. The van der Waals surface area contributed by atoms with Crippen LogP contribution < -0.4 is 5.32 Å². The second-order valence-corrected chi connectivity index (χ2v) is 7.88. The highest BCUT2D eigenvalue weighted by molar-refractivity contribution is 6.35. The van der Waals surface area contributed by atoms with Crippen LogP contribution in [0.15, 0.2) is 48.5 Å². The van der Waals surface area contributed by atoms with E-state index >= 15 is 0 Å². The van der Waals surface area contributed by atoms with Crippen molar-refractivity contribution in [1.29, 1.82) is 0 Å². The van der Waals surface area contributed by atoms with E-state index in [0.717, 1.165) is 11.1 Å². The molecule has 1 atom stereocenters. The molecule has 3 rings (SSSR count). The highest BCUT2D eigenvalue weighted by Crippen LogP contribution is 2.16. The average molecular weight is 446 g/mol. The average Bonchev–Trinajstić information content (AvgIpc) is 2.76. The van der Waals surface area contributed by atoms with Gasteiger partial charge in [-0.25, -0.2) is 4.39 Å². The summed E-state index contributed by atoms with van der Waals surface area (Å²) in [5, 5.41) is 3.51. The van der Waals surface area contributed by atoms with Crippen LogP contribution in [0.5, 0.6) is 0 Å². The largest absolute Gasteiger partial charge is 0.354 e. The summed E-state index contributed by atoms with van der Waals surface area (Å²) in [7, 11) is 0. The van der Waals surface area contributed by atoms with Crippen molar-refractivity contribution < 1.29 is 18.8 Å². The van der Waals surface area contributed by atoms with Crippen LogP contribution in [0, 0.1) is 5.82 Å². The van der Waals surface area contributed by atoms with Gasteiger partial charge in [-0.15, -0.1) is 0 Å². The molecule has 0 aromatic heterocycles. The molecule has 1 saturated heterocycles. The fourth-order valence-electron chi connectivity index (χ4n) is 3.59. The number of benzene rings is 2.